The molecule has 0 radical (unpaired) electrons. The van der Waals surface area contributed by atoms with Gasteiger partial charge >= 0.3 is 0 Å². The normalized spacial score (nSPS) is 11.4. The van der Waals surface area contributed by atoms with Gasteiger partial charge in [0, 0.05) is 22.2 Å². The molecule has 0 aliphatic heterocycles. The lowest BCUT2D eigenvalue weighted by Crippen LogP contribution is -2.20. The van der Waals surface area contributed by atoms with Gasteiger partial charge in [0.05, 0.1) is 41.6 Å². The van der Waals surface area contributed by atoms with E-state index >= 15 is 0 Å². The fourth-order valence-corrected chi connectivity index (χ4v) is 5.34. The van der Waals surface area contributed by atoms with E-state index in [1.807, 2.05) is 12.1 Å². The monoisotopic (exact) mass is 688 g/mol. The van der Waals surface area contributed by atoms with Crippen molar-refractivity contribution < 1.29 is 23.6 Å². The van der Waals surface area contributed by atoms with Crippen LogP contribution in [0.25, 0.3) is 33.5 Å². The van der Waals surface area contributed by atoms with Crippen LogP contribution in [0.4, 0.5) is 5.69 Å². The Hall–Kier alpha value is -5.20. The third-order valence-corrected chi connectivity index (χ3v) is 8.38. The molecule has 0 bridgehead atoms. The lowest BCUT2D eigenvalue weighted by molar-refractivity contribution is -0.384. The number of nitro benzene ring substituents is 1. The average molecular weight is 690 g/mol. The van der Waals surface area contributed by atoms with Crippen molar-refractivity contribution in [2.24, 2.45) is 5.10 Å². The van der Waals surface area contributed by atoms with Crippen LogP contribution in [0.3, 0.4) is 0 Å². The van der Waals surface area contributed by atoms with Crippen molar-refractivity contribution in [1.29, 1.82) is 0 Å². The van der Waals surface area contributed by atoms with Crippen LogP contribution in [0.5, 0.6) is 17.2 Å². The fourth-order valence-electron chi connectivity index (χ4n) is 4.69. The zero-order valence-corrected chi connectivity index (χ0v) is 26.0. The molecule has 45 heavy (non-hydrogen) atoms. The Kier molecular flexibility index (Phi) is 8.24. The average Bonchev–Trinajstić information content (AvgIpc) is 3.50. The molecule has 226 valence electrons. The summed E-state index contributed by atoms with van der Waals surface area (Å²) < 4.78 is 24.7. The highest BCUT2D eigenvalue weighted by molar-refractivity contribution is 9.10. The second-order valence-electron chi connectivity index (χ2n) is 9.63. The number of nitrogens with zero attached hydrogens (tertiary/aromatic N) is 4. The lowest BCUT2D eigenvalue weighted by atomic mass is 10.2. The van der Waals surface area contributed by atoms with Gasteiger partial charge in [-0.25, -0.2) is 4.98 Å². The predicted molar refractivity (Wildman–Crippen MR) is 174 cm³/mol. The first-order valence-corrected chi connectivity index (χ1v) is 14.5. The van der Waals surface area contributed by atoms with Crippen molar-refractivity contribution in [2.45, 2.75) is 6.61 Å². The van der Waals surface area contributed by atoms with Gasteiger partial charge < -0.3 is 18.6 Å². The highest BCUT2D eigenvalue weighted by atomic mass is 79.9. The van der Waals surface area contributed by atoms with Gasteiger partial charge in [-0.15, -0.1) is 0 Å². The molecule has 0 aliphatic rings. The first-order valence-electron chi connectivity index (χ1n) is 13.3. The first kappa shape index (κ1) is 29.9. The van der Waals surface area contributed by atoms with Crippen molar-refractivity contribution >= 4 is 61.3 Å². The van der Waals surface area contributed by atoms with Crippen LogP contribution in [0.15, 0.2) is 97.6 Å². The molecule has 0 spiro atoms. The highest BCUT2D eigenvalue weighted by Gasteiger charge is 2.20. The number of hydrogen-bond acceptors (Lipinski definition) is 9. The van der Waals surface area contributed by atoms with E-state index in [0.717, 1.165) is 5.39 Å². The molecule has 0 aliphatic carbocycles. The third kappa shape index (κ3) is 5.73. The van der Waals surface area contributed by atoms with Crippen LogP contribution in [-0.4, -0.2) is 35.0 Å². The SMILES string of the molecule is COc1cc(C=Nn2c(-c3cc4c(OC)cccc4o3)nc3ccccc3c2=O)c(Br)c(Cl)c1OCc1ccc([N+](=O)[O-])cc1. The number of rotatable bonds is 9. The number of aromatic nitrogens is 2. The largest absolute Gasteiger partial charge is 0.496 e. The summed E-state index contributed by atoms with van der Waals surface area (Å²) in [5, 5.41) is 16.8. The molecule has 6 aromatic rings. The zero-order valence-electron chi connectivity index (χ0n) is 23.7. The smallest absolute Gasteiger partial charge is 0.282 e. The molecule has 0 unspecified atom stereocenters. The van der Waals surface area contributed by atoms with E-state index in [4.69, 9.17) is 35.2 Å². The van der Waals surface area contributed by atoms with Gasteiger partial charge in [-0.3, -0.25) is 14.9 Å². The van der Waals surface area contributed by atoms with Gasteiger partial charge in [-0.1, -0.05) is 29.8 Å². The number of methoxy groups -OCH3 is 2. The molecule has 2 heterocycles. The lowest BCUT2D eigenvalue weighted by Gasteiger charge is -2.15. The van der Waals surface area contributed by atoms with E-state index in [1.165, 1.54) is 30.1 Å². The molecule has 11 nitrogen and oxygen atoms in total. The summed E-state index contributed by atoms with van der Waals surface area (Å²) in [5.74, 6) is 1.68. The van der Waals surface area contributed by atoms with Gasteiger partial charge in [-0.05, 0) is 70.0 Å². The summed E-state index contributed by atoms with van der Waals surface area (Å²) in [7, 11) is 3.03. The van der Waals surface area contributed by atoms with Crippen molar-refractivity contribution in [3.63, 3.8) is 0 Å². The molecule has 0 saturated carbocycles. The summed E-state index contributed by atoms with van der Waals surface area (Å²) in [4.78, 5) is 28.9. The Morgan fingerprint density at radius 1 is 1.02 bits per heavy atom. The minimum Gasteiger partial charge on any atom is -0.496 e. The number of nitro groups is 1. The van der Waals surface area contributed by atoms with Crippen molar-refractivity contribution in [2.75, 3.05) is 14.2 Å². The van der Waals surface area contributed by atoms with Crippen LogP contribution < -0.4 is 19.8 Å². The summed E-state index contributed by atoms with van der Waals surface area (Å²) in [5.41, 5.74) is 1.79. The minimum atomic E-state index is -0.471. The van der Waals surface area contributed by atoms with Crippen LogP contribution in [0, 0.1) is 10.1 Å². The molecule has 0 saturated heterocycles. The first-order chi connectivity index (χ1) is 21.8. The Labute approximate surface area is 268 Å². The molecule has 13 heteroatoms. The molecule has 0 amide bonds. The van der Waals surface area contributed by atoms with Crippen LogP contribution in [0.1, 0.15) is 11.1 Å². The maximum Gasteiger partial charge on any atom is 0.282 e. The number of halogens is 2. The van der Waals surface area contributed by atoms with E-state index in [9.17, 15) is 14.9 Å². The van der Waals surface area contributed by atoms with E-state index in [1.54, 1.807) is 61.7 Å². The molecule has 6 rings (SSSR count). The van der Waals surface area contributed by atoms with Crippen LogP contribution in [-0.2, 0) is 6.61 Å². The molecule has 4 aromatic carbocycles. The van der Waals surface area contributed by atoms with Crippen LogP contribution >= 0.6 is 27.5 Å². The van der Waals surface area contributed by atoms with E-state index in [2.05, 4.69) is 21.0 Å². The van der Waals surface area contributed by atoms with Crippen molar-refractivity contribution in [1.82, 2.24) is 9.66 Å². The molecule has 0 fully saturated rings. The number of non-ortho nitro benzene ring substituents is 1. The fraction of sp³-hybridized carbons (Fsp3) is 0.0938. The summed E-state index contributed by atoms with van der Waals surface area (Å²) in [6, 6.07) is 21.8. The van der Waals surface area contributed by atoms with E-state index in [-0.39, 0.29) is 28.9 Å². The summed E-state index contributed by atoms with van der Waals surface area (Å²) in [6.45, 7) is 0.0811. The van der Waals surface area contributed by atoms with E-state index < -0.39 is 10.5 Å². The molecule has 0 atom stereocenters. The summed E-state index contributed by atoms with van der Waals surface area (Å²) in [6.07, 6.45) is 1.45. The number of fused-ring (bicyclic) bond motifs is 2. The topological polar surface area (TPSA) is 131 Å². The molecule has 0 N–H and O–H groups in total. The predicted octanol–water partition coefficient (Wildman–Crippen LogP) is 7.61. The van der Waals surface area contributed by atoms with Gasteiger partial charge in [0.1, 0.15) is 23.0 Å². The standard InChI is InChI=1S/C32H22BrClN4O7/c1-42-24-8-5-9-25-22(24)15-27(45-25)31-36-23-7-4-3-6-21(23)32(39)37(31)35-16-19-14-26(43-2)30(29(34)28(19)33)44-17-18-10-12-20(13-11-18)38(40)41/h3-16H,17H2,1-2H3. The Bertz CT molecular complexity index is 2180. The number of para-hydroxylation sites is 1. The molecule has 2 aromatic heterocycles. The van der Waals surface area contributed by atoms with Crippen molar-refractivity contribution in [3.05, 3.63) is 120 Å². The summed E-state index contributed by atoms with van der Waals surface area (Å²) >= 11 is 10.2. The Balaban J connectivity index is 1.40. The maximum absolute atomic E-state index is 13.7. The second kappa shape index (κ2) is 12.4. The van der Waals surface area contributed by atoms with Gasteiger partial charge in [0.2, 0.25) is 5.82 Å². The number of ether oxygens (including phenoxy) is 3. The quantitative estimate of drug-likeness (QED) is 0.0861. The second-order valence-corrected chi connectivity index (χ2v) is 10.8. The maximum atomic E-state index is 13.7. The Morgan fingerprint density at radius 2 is 1.78 bits per heavy atom. The Morgan fingerprint density at radius 3 is 2.51 bits per heavy atom. The van der Waals surface area contributed by atoms with Gasteiger partial charge in [0.25, 0.3) is 11.2 Å². The number of furan rings is 1. The number of hydrogen-bond donors (Lipinski definition) is 0. The minimum absolute atomic E-state index is 0.0235. The zero-order chi connectivity index (χ0) is 31.7. The molecular weight excluding hydrogens is 668 g/mol. The van der Waals surface area contributed by atoms with Crippen LogP contribution in [0.2, 0.25) is 5.02 Å². The van der Waals surface area contributed by atoms with E-state index in [0.29, 0.717) is 49.3 Å². The van der Waals surface area contributed by atoms with Gasteiger partial charge in [0.15, 0.2) is 17.3 Å². The number of benzene rings is 4. The van der Waals surface area contributed by atoms with Crippen molar-refractivity contribution in [3.8, 4) is 28.8 Å². The highest BCUT2D eigenvalue weighted by Crippen LogP contribution is 2.42. The molecular formula is C32H22BrClN4O7. The van der Waals surface area contributed by atoms with Gasteiger partial charge in [-0.2, -0.15) is 9.78 Å². The third-order valence-electron chi connectivity index (χ3n) is 6.93.